The third-order valence-electron chi connectivity index (χ3n) is 7.18. The van der Waals surface area contributed by atoms with Gasteiger partial charge in [-0.2, -0.15) is 4.31 Å². The van der Waals surface area contributed by atoms with E-state index in [-0.39, 0.29) is 49.2 Å². The molecular weight excluding hydrogens is 546 g/mol. The molecule has 1 aliphatic heterocycles. The van der Waals surface area contributed by atoms with E-state index in [0.29, 0.717) is 16.4 Å². The molecule has 1 fully saturated rings. The minimum Gasteiger partial charge on any atom is -0.357 e. The normalized spacial score (nSPS) is 22.2. The van der Waals surface area contributed by atoms with Gasteiger partial charge in [-0.3, -0.25) is 9.79 Å². The fourth-order valence-electron chi connectivity index (χ4n) is 4.73. The molecule has 0 radical (unpaired) electrons. The number of rotatable bonds is 11. The highest BCUT2D eigenvalue weighted by atomic mass is 35.5. The standard InChI is InChI=1S/C28H33ClF2N4O3S/c1-18(26-33-24(28(2,3)34-26)27(36)32-22-15-20(16-22)25(30)31)13-14-35(17-19-9-11-21(29)12-10-19)39(37,38)23-7-5-4-6-8-23/h4-12,20,22,24-25H,1,13-17H2,2-3H3,(H,32,36)(H,33,34)/t20?,22?,24-/m0/s1. The summed E-state index contributed by atoms with van der Waals surface area (Å²) in [5, 5.41) is 6.53. The lowest BCUT2D eigenvalue weighted by Gasteiger charge is -2.36. The molecule has 7 nitrogen and oxygen atoms in total. The predicted molar refractivity (Wildman–Crippen MR) is 148 cm³/mol. The second-order valence-electron chi connectivity index (χ2n) is 10.6. The Kier molecular flexibility index (Phi) is 8.78. The summed E-state index contributed by atoms with van der Waals surface area (Å²) < 4.78 is 54.0. The van der Waals surface area contributed by atoms with Crippen LogP contribution < -0.4 is 10.6 Å². The molecule has 0 unspecified atom stereocenters. The molecule has 2 aromatic carbocycles. The molecule has 2 N–H and O–H groups in total. The average molecular weight is 579 g/mol. The highest BCUT2D eigenvalue weighted by Crippen LogP contribution is 2.33. The Balaban J connectivity index is 1.42. The molecule has 0 bridgehead atoms. The van der Waals surface area contributed by atoms with Gasteiger partial charge in [0.05, 0.1) is 10.4 Å². The summed E-state index contributed by atoms with van der Waals surface area (Å²) in [6, 6.07) is 14.2. The number of alkyl halides is 2. The Morgan fingerprint density at radius 3 is 2.44 bits per heavy atom. The summed E-state index contributed by atoms with van der Waals surface area (Å²) in [5.41, 5.74) is 0.542. The summed E-state index contributed by atoms with van der Waals surface area (Å²) in [6.45, 7) is 7.99. The van der Waals surface area contributed by atoms with Crippen LogP contribution in [0.2, 0.25) is 5.02 Å². The third-order valence-corrected chi connectivity index (χ3v) is 9.29. The number of carbonyl (C=O) groups is 1. The van der Waals surface area contributed by atoms with Gasteiger partial charge in [-0.1, -0.05) is 48.5 Å². The molecule has 4 rings (SSSR count). The van der Waals surface area contributed by atoms with Gasteiger partial charge >= 0.3 is 0 Å². The molecule has 2 aromatic rings. The van der Waals surface area contributed by atoms with Gasteiger partial charge in [0.1, 0.15) is 11.9 Å². The Labute approximate surface area is 233 Å². The second-order valence-corrected chi connectivity index (χ2v) is 13.0. The van der Waals surface area contributed by atoms with Crippen LogP contribution in [0.3, 0.4) is 0 Å². The molecule has 0 spiro atoms. The molecule has 1 saturated carbocycles. The van der Waals surface area contributed by atoms with Crippen molar-refractivity contribution in [1.82, 2.24) is 14.9 Å². The summed E-state index contributed by atoms with van der Waals surface area (Å²) in [6.07, 6.45) is -1.58. The van der Waals surface area contributed by atoms with Crippen molar-refractivity contribution in [3.05, 3.63) is 77.3 Å². The Bertz CT molecular complexity index is 1330. The molecule has 2 aliphatic rings. The van der Waals surface area contributed by atoms with Gasteiger partial charge in [0.25, 0.3) is 0 Å². The fraction of sp³-hybridized carbons (Fsp3) is 0.429. The van der Waals surface area contributed by atoms with Crippen molar-refractivity contribution in [2.75, 3.05) is 6.54 Å². The Hall–Kier alpha value is -2.82. The topological polar surface area (TPSA) is 90.9 Å². The van der Waals surface area contributed by atoms with Crippen LogP contribution in [0.25, 0.3) is 0 Å². The first kappa shape index (κ1) is 29.2. The molecule has 11 heteroatoms. The Morgan fingerprint density at radius 1 is 1.18 bits per heavy atom. The van der Waals surface area contributed by atoms with Gasteiger partial charge in [0.15, 0.2) is 0 Å². The lowest BCUT2D eigenvalue weighted by atomic mass is 9.80. The van der Waals surface area contributed by atoms with E-state index < -0.39 is 33.9 Å². The van der Waals surface area contributed by atoms with Gasteiger partial charge in [-0.15, -0.1) is 0 Å². The summed E-state index contributed by atoms with van der Waals surface area (Å²) in [7, 11) is -3.81. The summed E-state index contributed by atoms with van der Waals surface area (Å²) in [5.74, 6) is -0.544. The van der Waals surface area contributed by atoms with Crippen LogP contribution in [0.4, 0.5) is 8.78 Å². The zero-order valence-corrected chi connectivity index (χ0v) is 23.5. The zero-order valence-electron chi connectivity index (χ0n) is 21.9. The van der Waals surface area contributed by atoms with Crippen molar-refractivity contribution < 1.29 is 22.0 Å². The SMILES string of the molecule is C=C(CCN(Cc1ccc(Cl)cc1)S(=O)(=O)c1ccccc1)C1=NC(C)(C)[C@H](C(=O)NC2CC(C(F)F)C2)N1. The molecule has 0 aromatic heterocycles. The quantitative estimate of drug-likeness (QED) is 0.401. The third kappa shape index (κ3) is 6.85. The van der Waals surface area contributed by atoms with Gasteiger partial charge < -0.3 is 10.6 Å². The predicted octanol–water partition coefficient (Wildman–Crippen LogP) is 4.79. The van der Waals surface area contributed by atoms with Crippen LogP contribution in [0.15, 0.2) is 76.6 Å². The van der Waals surface area contributed by atoms with Crippen molar-refractivity contribution in [2.45, 2.75) is 68.6 Å². The van der Waals surface area contributed by atoms with Crippen molar-refractivity contribution in [3.63, 3.8) is 0 Å². The van der Waals surface area contributed by atoms with Crippen LogP contribution in [0, 0.1) is 5.92 Å². The molecule has 210 valence electrons. The fourth-order valence-corrected chi connectivity index (χ4v) is 6.31. The van der Waals surface area contributed by atoms with E-state index in [1.54, 1.807) is 68.4 Å². The largest absolute Gasteiger partial charge is 0.357 e. The maximum atomic E-state index is 13.5. The van der Waals surface area contributed by atoms with Crippen LogP contribution in [-0.2, 0) is 21.4 Å². The van der Waals surface area contributed by atoms with E-state index in [0.717, 1.165) is 5.56 Å². The maximum absolute atomic E-state index is 13.5. The number of hydrogen-bond acceptors (Lipinski definition) is 5. The number of amidine groups is 1. The van der Waals surface area contributed by atoms with E-state index in [1.807, 2.05) is 0 Å². The maximum Gasteiger partial charge on any atom is 0.245 e. The minimum atomic E-state index is -3.81. The first-order valence-corrected chi connectivity index (χ1v) is 14.6. The smallest absolute Gasteiger partial charge is 0.245 e. The average Bonchev–Trinajstić information content (AvgIpc) is 3.20. The van der Waals surface area contributed by atoms with Crippen LogP contribution in [-0.4, -0.2) is 55.1 Å². The van der Waals surface area contributed by atoms with Gasteiger partial charge in [0.2, 0.25) is 22.4 Å². The van der Waals surface area contributed by atoms with Crippen molar-refractivity contribution in [3.8, 4) is 0 Å². The van der Waals surface area contributed by atoms with E-state index in [1.165, 1.54) is 4.31 Å². The highest BCUT2D eigenvalue weighted by molar-refractivity contribution is 7.89. The summed E-state index contributed by atoms with van der Waals surface area (Å²) >= 11 is 6.00. The number of carbonyl (C=O) groups excluding carboxylic acids is 1. The monoisotopic (exact) mass is 578 g/mol. The number of nitrogens with zero attached hydrogens (tertiary/aromatic N) is 2. The second kappa shape index (κ2) is 11.7. The minimum absolute atomic E-state index is 0.133. The van der Waals surface area contributed by atoms with E-state index in [4.69, 9.17) is 11.6 Å². The van der Waals surface area contributed by atoms with Gasteiger partial charge in [0, 0.05) is 30.1 Å². The lowest BCUT2D eigenvalue weighted by Crippen LogP contribution is -2.56. The first-order valence-electron chi connectivity index (χ1n) is 12.8. The number of hydrogen-bond donors (Lipinski definition) is 2. The highest BCUT2D eigenvalue weighted by Gasteiger charge is 2.44. The molecule has 1 aliphatic carbocycles. The van der Waals surface area contributed by atoms with Crippen molar-refractivity contribution in [2.24, 2.45) is 10.9 Å². The molecule has 1 atom stereocenters. The molecule has 0 saturated heterocycles. The van der Waals surface area contributed by atoms with E-state index in [2.05, 4.69) is 22.2 Å². The number of halogens is 3. The van der Waals surface area contributed by atoms with Crippen molar-refractivity contribution >= 4 is 33.4 Å². The number of sulfonamides is 1. The van der Waals surface area contributed by atoms with E-state index >= 15 is 0 Å². The number of amides is 1. The van der Waals surface area contributed by atoms with Crippen molar-refractivity contribution in [1.29, 1.82) is 0 Å². The Morgan fingerprint density at radius 2 is 1.82 bits per heavy atom. The molecule has 1 amide bonds. The van der Waals surface area contributed by atoms with Crippen LogP contribution >= 0.6 is 11.6 Å². The molecule has 39 heavy (non-hydrogen) atoms. The van der Waals surface area contributed by atoms with Crippen LogP contribution in [0.5, 0.6) is 0 Å². The first-order chi connectivity index (χ1) is 18.4. The van der Waals surface area contributed by atoms with Gasteiger partial charge in [-0.05, 0) is 68.5 Å². The summed E-state index contributed by atoms with van der Waals surface area (Å²) in [4.78, 5) is 17.8. The number of benzene rings is 2. The number of nitrogens with one attached hydrogen (secondary N) is 2. The van der Waals surface area contributed by atoms with E-state index in [9.17, 15) is 22.0 Å². The van der Waals surface area contributed by atoms with Crippen LogP contribution in [0.1, 0.15) is 38.7 Å². The molecular formula is C28H33ClF2N4O3S. The lowest BCUT2D eigenvalue weighted by molar-refractivity contribution is -0.126. The zero-order chi connectivity index (χ0) is 28.4. The molecule has 1 heterocycles. The number of aliphatic imine (C=N–C) groups is 1. The van der Waals surface area contributed by atoms with Gasteiger partial charge in [-0.25, -0.2) is 17.2 Å².